The van der Waals surface area contributed by atoms with Crippen LogP contribution in [0, 0.1) is 0 Å². The molecule has 2 heterocycles. The van der Waals surface area contributed by atoms with E-state index in [1.807, 2.05) is 0 Å². The monoisotopic (exact) mass is 238 g/mol. The normalized spacial score (nSPS) is 10.3. The summed E-state index contributed by atoms with van der Waals surface area (Å²) >= 11 is 5.65. The van der Waals surface area contributed by atoms with Gasteiger partial charge in [0.15, 0.2) is 0 Å². The van der Waals surface area contributed by atoms with E-state index in [1.165, 1.54) is 6.33 Å². The zero-order valence-electron chi connectivity index (χ0n) is 8.52. The molecule has 0 aromatic carbocycles. The summed E-state index contributed by atoms with van der Waals surface area (Å²) in [4.78, 5) is 11.8. The van der Waals surface area contributed by atoms with Gasteiger partial charge >= 0.3 is 0 Å². The Morgan fingerprint density at radius 3 is 3.06 bits per heavy atom. The van der Waals surface area contributed by atoms with Gasteiger partial charge in [0.1, 0.15) is 18.0 Å². The van der Waals surface area contributed by atoms with Crippen molar-refractivity contribution in [2.45, 2.75) is 12.8 Å². The van der Waals surface area contributed by atoms with Gasteiger partial charge in [0, 0.05) is 19.2 Å². The first-order chi connectivity index (χ1) is 7.84. The van der Waals surface area contributed by atoms with Gasteiger partial charge in [0.2, 0.25) is 5.28 Å². The molecule has 0 aliphatic heterocycles. The van der Waals surface area contributed by atoms with Gasteiger partial charge < -0.3 is 5.32 Å². The van der Waals surface area contributed by atoms with E-state index in [-0.39, 0.29) is 5.28 Å². The van der Waals surface area contributed by atoms with Crippen molar-refractivity contribution < 1.29 is 0 Å². The van der Waals surface area contributed by atoms with Gasteiger partial charge in [0.05, 0.1) is 0 Å². The molecule has 0 saturated carbocycles. The largest absolute Gasteiger partial charge is 0.370 e. The van der Waals surface area contributed by atoms with Gasteiger partial charge in [-0.3, -0.25) is 5.10 Å². The van der Waals surface area contributed by atoms with Crippen LogP contribution in [0.3, 0.4) is 0 Å². The zero-order chi connectivity index (χ0) is 11.2. The van der Waals surface area contributed by atoms with Gasteiger partial charge in [-0.1, -0.05) is 0 Å². The van der Waals surface area contributed by atoms with Crippen molar-refractivity contribution in [3.05, 3.63) is 29.7 Å². The number of rotatable bonds is 5. The van der Waals surface area contributed by atoms with E-state index in [4.69, 9.17) is 11.6 Å². The zero-order valence-corrected chi connectivity index (χ0v) is 9.28. The Morgan fingerprint density at radius 2 is 2.31 bits per heavy atom. The SMILES string of the molecule is Clc1nccc(NCCCc2ncn[nH]2)n1. The highest BCUT2D eigenvalue weighted by atomic mass is 35.5. The lowest BCUT2D eigenvalue weighted by Crippen LogP contribution is -2.05. The van der Waals surface area contributed by atoms with E-state index >= 15 is 0 Å². The van der Waals surface area contributed by atoms with Gasteiger partial charge in [-0.25, -0.2) is 15.0 Å². The van der Waals surface area contributed by atoms with Gasteiger partial charge in [-0.2, -0.15) is 5.10 Å². The van der Waals surface area contributed by atoms with Crippen molar-refractivity contribution in [3.63, 3.8) is 0 Å². The van der Waals surface area contributed by atoms with Gasteiger partial charge in [-0.05, 0) is 24.1 Å². The van der Waals surface area contributed by atoms with E-state index in [0.717, 1.165) is 31.0 Å². The second-order valence-corrected chi connectivity index (χ2v) is 3.51. The second kappa shape index (κ2) is 5.41. The molecule has 2 aromatic rings. The molecule has 0 spiro atoms. The predicted molar refractivity (Wildman–Crippen MR) is 60.2 cm³/mol. The topological polar surface area (TPSA) is 79.4 Å². The molecule has 84 valence electrons. The van der Waals surface area contributed by atoms with Crippen molar-refractivity contribution in [2.24, 2.45) is 0 Å². The summed E-state index contributed by atoms with van der Waals surface area (Å²) in [7, 11) is 0. The lowest BCUT2D eigenvalue weighted by molar-refractivity contribution is 0.803. The van der Waals surface area contributed by atoms with Crippen LogP contribution in [0.15, 0.2) is 18.6 Å². The Kier molecular flexibility index (Phi) is 3.66. The Balaban J connectivity index is 1.72. The highest BCUT2D eigenvalue weighted by Gasteiger charge is 1.97. The highest BCUT2D eigenvalue weighted by Crippen LogP contribution is 2.05. The number of hydrogen-bond donors (Lipinski definition) is 2. The van der Waals surface area contributed by atoms with Gasteiger partial charge in [0.25, 0.3) is 0 Å². The van der Waals surface area contributed by atoms with Gasteiger partial charge in [-0.15, -0.1) is 0 Å². The molecule has 6 nitrogen and oxygen atoms in total. The molecule has 2 N–H and O–H groups in total. The molecular weight excluding hydrogens is 228 g/mol. The number of nitrogens with one attached hydrogen (secondary N) is 2. The molecule has 0 radical (unpaired) electrons. The van der Waals surface area contributed by atoms with Crippen LogP contribution < -0.4 is 5.32 Å². The Hall–Kier alpha value is -1.69. The molecule has 0 aliphatic carbocycles. The fourth-order valence-electron chi connectivity index (χ4n) is 1.26. The molecular formula is C9H11ClN6. The van der Waals surface area contributed by atoms with Crippen molar-refractivity contribution in [1.29, 1.82) is 0 Å². The lowest BCUT2D eigenvalue weighted by atomic mass is 10.3. The Bertz CT molecular complexity index is 429. The van der Waals surface area contributed by atoms with Crippen LogP contribution in [0.1, 0.15) is 12.2 Å². The number of halogens is 1. The van der Waals surface area contributed by atoms with Crippen LogP contribution >= 0.6 is 11.6 Å². The molecule has 16 heavy (non-hydrogen) atoms. The summed E-state index contributed by atoms with van der Waals surface area (Å²) in [5.74, 6) is 1.63. The van der Waals surface area contributed by atoms with E-state index in [9.17, 15) is 0 Å². The molecule has 0 amide bonds. The summed E-state index contributed by atoms with van der Waals surface area (Å²) in [5, 5.41) is 9.99. The first-order valence-corrected chi connectivity index (χ1v) is 5.29. The molecule has 0 unspecified atom stereocenters. The summed E-state index contributed by atoms with van der Waals surface area (Å²) in [6, 6.07) is 1.78. The Morgan fingerprint density at radius 1 is 1.38 bits per heavy atom. The van der Waals surface area contributed by atoms with Crippen molar-refractivity contribution in [2.75, 3.05) is 11.9 Å². The summed E-state index contributed by atoms with van der Waals surface area (Å²) in [6.45, 7) is 0.800. The highest BCUT2D eigenvalue weighted by molar-refractivity contribution is 6.28. The van der Waals surface area contributed by atoms with Crippen molar-refractivity contribution >= 4 is 17.4 Å². The first-order valence-electron chi connectivity index (χ1n) is 4.91. The van der Waals surface area contributed by atoms with Crippen molar-refractivity contribution in [1.82, 2.24) is 25.1 Å². The maximum absolute atomic E-state index is 5.65. The third-order valence-electron chi connectivity index (χ3n) is 1.99. The van der Waals surface area contributed by atoms with Crippen LogP contribution in [0.5, 0.6) is 0 Å². The van der Waals surface area contributed by atoms with Crippen LogP contribution in [0.4, 0.5) is 5.82 Å². The smallest absolute Gasteiger partial charge is 0.224 e. The predicted octanol–water partition coefficient (Wildman–Crippen LogP) is 1.29. The molecule has 0 atom stereocenters. The second-order valence-electron chi connectivity index (χ2n) is 3.17. The van der Waals surface area contributed by atoms with E-state index < -0.39 is 0 Å². The molecule has 0 saturated heterocycles. The number of anilines is 1. The third kappa shape index (κ3) is 3.16. The fraction of sp³-hybridized carbons (Fsp3) is 0.333. The number of nitrogens with zero attached hydrogens (tertiary/aromatic N) is 4. The fourth-order valence-corrected chi connectivity index (χ4v) is 1.40. The van der Waals surface area contributed by atoms with Crippen LogP contribution in [0.2, 0.25) is 5.28 Å². The number of aryl methyl sites for hydroxylation is 1. The summed E-state index contributed by atoms with van der Waals surface area (Å²) in [5.41, 5.74) is 0. The minimum atomic E-state index is 0.250. The number of H-pyrrole nitrogens is 1. The average Bonchev–Trinajstić information content (AvgIpc) is 2.77. The maximum atomic E-state index is 5.65. The minimum Gasteiger partial charge on any atom is -0.370 e. The number of hydrogen-bond acceptors (Lipinski definition) is 5. The van der Waals surface area contributed by atoms with Crippen LogP contribution in [-0.2, 0) is 6.42 Å². The van der Waals surface area contributed by atoms with Crippen LogP contribution in [-0.4, -0.2) is 31.7 Å². The minimum absolute atomic E-state index is 0.250. The third-order valence-corrected chi connectivity index (χ3v) is 2.17. The molecule has 0 aliphatic rings. The first kappa shape index (κ1) is 10.8. The lowest BCUT2D eigenvalue weighted by Gasteiger charge is -2.03. The molecule has 0 bridgehead atoms. The maximum Gasteiger partial charge on any atom is 0.224 e. The Labute approximate surface area is 97.5 Å². The standard InChI is InChI=1S/C9H11ClN6/c10-9-12-5-3-7(15-9)11-4-1-2-8-13-6-14-16-8/h3,5-6H,1-2,4H2,(H,11,12,15)(H,13,14,16). The average molecular weight is 239 g/mol. The number of aromatic nitrogens is 5. The van der Waals surface area contributed by atoms with Crippen LogP contribution in [0.25, 0.3) is 0 Å². The van der Waals surface area contributed by atoms with Crippen molar-refractivity contribution in [3.8, 4) is 0 Å². The molecule has 0 fully saturated rings. The van der Waals surface area contributed by atoms with E-state index in [2.05, 4.69) is 30.5 Å². The number of aromatic amines is 1. The van der Waals surface area contributed by atoms with E-state index in [0.29, 0.717) is 0 Å². The quantitative estimate of drug-likeness (QED) is 0.606. The molecule has 2 rings (SSSR count). The summed E-state index contributed by atoms with van der Waals surface area (Å²) in [6.07, 6.45) is 4.92. The van der Waals surface area contributed by atoms with E-state index in [1.54, 1.807) is 12.3 Å². The summed E-state index contributed by atoms with van der Waals surface area (Å²) < 4.78 is 0. The molecule has 7 heteroatoms. The molecule has 2 aromatic heterocycles.